The molecule has 90 valence electrons. The second kappa shape index (κ2) is 3.80. The third kappa shape index (κ3) is 2.11. The Morgan fingerprint density at radius 2 is 2.00 bits per heavy atom. The van der Waals surface area contributed by atoms with Crippen LogP contribution in [0.5, 0.6) is 0 Å². The zero-order valence-corrected chi connectivity index (χ0v) is 8.99. The maximum Gasteiger partial charge on any atom is 0.416 e. The van der Waals surface area contributed by atoms with Crippen molar-refractivity contribution in [3.63, 3.8) is 0 Å². The molecule has 1 heterocycles. The van der Waals surface area contributed by atoms with Gasteiger partial charge in [0.1, 0.15) is 0 Å². The van der Waals surface area contributed by atoms with Gasteiger partial charge in [-0.2, -0.15) is 13.2 Å². The smallest absolute Gasteiger partial charge is 0.369 e. The lowest BCUT2D eigenvalue weighted by atomic mass is 10.1. The number of imidazole rings is 1. The van der Waals surface area contributed by atoms with E-state index >= 15 is 0 Å². The fraction of sp³-hybridized carbons (Fsp3) is 0.182. The first-order valence-electron chi connectivity index (χ1n) is 4.86. The maximum absolute atomic E-state index is 12.6. The van der Waals surface area contributed by atoms with Crippen LogP contribution in [0, 0.1) is 6.92 Å². The van der Waals surface area contributed by atoms with E-state index in [-0.39, 0.29) is 5.95 Å². The van der Waals surface area contributed by atoms with E-state index in [9.17, 15) is 13.2 Å². The molecule has 0 aliphatic carbocycles. The third-order valence-electron chi connectivity index (χ3n) is 2.47. The summed E-state index contributed by atoms with van der Waals surface area (Å²) < 4.78 is 39.2. The van der Waals surface area contributed by atoms with Gasteiger partial charge in [-0.3, -0.25) is 4.57 Å². The van der Waals surface area contributed by atoms with Gasteiger partial charge in [-0.25, -0.2) is 4.98 Å². The molecule has 0 saturated carbocycles. The minimum atomic E-state index is -4.36. The number of anilines is 1. The van der Waals surface area contributed by atoms with E-state index in [1.807, 2.05) is 0 Å². The van der Waals surface area contributed by atoms with Gasteiger partial charge in [0.15, 0.2) is 0 Å². The molecule has 0 unspecified atom stereocenters. The second-order valence-corrected chi connectivity index (χ2v) is 3.65. The molecular weight excluding hydrogens is 231 g/mol. The maximum atomic E-state index is 12.6. The van der Waals surface area contributed by atoms with Crippen molar-refractivity contribution in [2.24, 2.45) is 0 Å². The number of benzene rings is 1. The lowest BCUT2D eigenvalue weighted by Crippen LogP contribution is -2.08. The van der Waals surface area contributed by atoms with Gasteiger partial charge in [-0.05, 0) is 24.6 Å². The summed E-state index contributed by atoms with van der Waals surface area (Å²) >= 11 is 0. The standard InChI is InChI=1S/C11H10F3N3/c1-7-2-3-8(11(12,13)14)6-9(7)17-5-4-16-10(17)15/h2-6H,1H3,(H2,15,16). The van der Waals surface area contributed by atoms with E-state index in [0.29, 0.717) is 11.3 Å². The first-order valence-corrected chi connectivity index (χ1v) is 4.86. The topological polar surface area (TPSA) is 43.8 Å². The van der Waals surface area contributed by atoms with Crippen LogP contribution in [0.25, 0.3) is 5.69 Å². The molecule has 0 fully saturated rings. The first-order chi connectivity index (χ1) is 7.89. The van der Waals surface area contributed by atoms with Gasteiger partial charge in [0, 0.05) is 12.4 Å². The number of nitrogens with zero attached hydrogens (tertiary/aromatic N) is 2. The van der Waals surface area contributed by atoms with Crippen LogP contribution in [0.15, 0.2) is 30.6 Å². The average molecular weight is 241 g/mol. The zero-order valence-electron chi connectivity index (χ0n) is 8.99. The van der Waals surface area contributed by atoms with Crippen molar-refractivity contribution >= 4 is 5.95 Å². The summed E-state index contributed by atoms with van der Waals surface area (Å²) in [5.41, 5.74) is 5.95. The largest absolute Gasteiger partial charge is 0.416 e. The number of aryl methyl sites for hydroxylation is 1. The van der Waals surface area contributed by atoms with E-state index in [4.69, 9.17) is 5.73 Å². The van der Waals surface area contributed by atoms with Crippen LogP contribution in [-0.4, -0.2) is 9.55 Å². The van der Waals surface area contributed by atoms with Crippen LogP contribution in [0.4, 0.5) is 19.1 Å². The van der Waals surface area contributed by atoms with Crippen molar-refractivity contribution in [1.29, 1.82) is 0 Å². The Labute approximate surface area is 95.7 Å². The third-order valence-corrected chi connectivity index (χ3v) is 2.47. The van der Waals surface area contributed by atoms with Crippen molar-refractivity contribution in [3.8, 4) is 5.69 Å². The van der Waals surface area contributed by atoms with E-state index in [1.165, 1.54) is 23.0 Å². The summed E-state index contributed by atoms with van der Waals surface area (Å²) in [5.74, 6) is 0.160. The Bertz CT molecular complexity index is 543. The molecule has 2 aromatic rings. The molecule has 0 bridgehead atoms. The molecule has 0 spiro atoms. The second-order valence-electron chi connectivity index (χ2n) is 3.65. The van der Waals surface area contributed by atoms with Gasteiger partial charge in [-0.1, -0.05) is 6.07 Å². The highest BCUT2D eigenvalue weighted by atomic mass is 19.4. The van der Waals surface area contributed by atoms with Crippen LogP contribution in [0.2, 0.25) is 0 Å². The lowest BCUT2D eigenvalue weighted by molar-refractivity contribution is -0.137. The summed E-state index contributed by atoms with van der Waals surface area (Å²) in [6.45, 7) is 1.72. The predicted molar refractivity (Wildman–Crippen MR) is 57.7 cm³/mol. The number of hydrogen-bond acceptors (Lipinski definition) is 2. The fourth-order valence-electron chi connectivity index (χ4n) is 1.56. The number of aromatic nitrogens is 2. The Balaban J connectivity index is 2.58. The Hall–Kier alpha value is -1.98. The van der Waals surface area contributed by atoms with Crippen LogP contribution < -0.4 is 5.73 Å². The normalized spacial score (nSPS) is 11.8. The minimum absolute atomic E-state index is 0.160. The van der Waals surface area contributed by atoms with Crippen molar-refractivity contribution < 1.29 is 13.2 Å². The van der Waals surface area contributed by atoms with Gasteiger partial charge < -0.3 is 5.73 Å². The van der Waals surface area contributed by atoms with Crippen molar-refractivity contribution in [1.82, 2.24) is 9.55 Å². The highest BCUT2D eigenvalue weighted by molar-refractivity contribution is 5.48. The quantitative estimate of drug-likeness (QED) is 0.834. The number of hydrogen-bond donors (Lipinski definition) is 1. The molecule has 17 heavy (non-hydrogen) atoms. The molecule has 6 heteroatoms. The molecule has 0 aliphatic heterocycles. The molecule has 0 aliphatic rings. The SMILES string of the molecule is Cc1ccc(C(F)(F)F)cc1-n1ccnc1N. The number of nitrogen functional groups attached to an aromatic ring is 1. The van der Waals surface area contributed by atoms with Crippen LogP contribution >= 0.6 is 0 Å². The number of halogens is 3. The number of rotatable bonds is 1. The van der Waals surface area contributed by atoms with E-state index in [1.54, 1.807) is 6.92 Å². The molecule has 0 saturated heterocycles. The van der Waals surface area contributed by atoms with E-state index in [2.05, 4.69) is 4.98 Å². The predicted octanol–water partition coefficient (Wildman–Crippen LogP) is 2.78. The Kier molecular flexibility index (Phi) is 2.57. The van der Waals surface area contributed by atoms with Gasteiger partial charge in [0.25, 0.3) is 0 Å². The van der Waals surface area contributed by atoms with E-state index < -0.39 is 11.7 Å². The molecule has 3 nitrogen and oxygen atoms in total. The monoisotopic (exact) mass is 241 g/mol. The van der Waals surface area contributed by atoms with Crippen LogP contribution in [0.3, 0.4) is 0 Å². The highest BCUT2D eigenvalue weighted by Crippen LogP contribution is 2.31. The van der Waals surface area contributed by atoms with Crippen molar-refractivity contribution in [2.75, 3.05) is 5.73 Å². The summed E-state index contributed by atoms with van der Waals surface area (Å²) in [7, 11) is 0. The average Bonchev–Trinajstić information content (AvgIpc) is 2.63. The molecule has 1 aromatic carbocycles. The summed E-state index contributed by atoms with van der Waals surface area (Å²) in [5, 5.41) is 0. The molecular formula is C11H10F3N3. The molecule has 0 radical (unpaired) electrons. The Morgan fingerprint density at radius 1 is 1.29 bits per heavy atom. The minimum Gasteiger partial charge on any atom is -0.369 e. The van der Waals surface area contributed by atoms with Crippen LogP contribution in [0.1, 0.15) is 11.1 Å². The van der Waals surface area contributed by atoms with Gasteiger partial charge in [-0.15, -0.1) is 0 Å². The van der Waals surface area contributed by atoms with Gasteiger partial charge >= 0.3 is 6.18 Å². The number of nitrogens with two attached hydrogens (primary N) is 1. The van der Waals surface area contributed by atoms with Crippen molar-refractivity contribution in [3.05, 3.63) is 41.7 Å². The summed E-state index contributed by atoms with van der Waals surface area (Å²) in [4.78, 5) is 3.79. The fourth-order valence-corrected chi connectivity index (χ4v) is 1.56. The highest BCUT2D eigenvalue weighted by Gasteiger charge is 2.31. The zero-order chi connectivity index (χ0) is 12.6. The van der Waals surface area contributed by atoms with Crippen LogP contribution in [-0.2, 0) is 6.18 Å². The van der Waals surface area contributed by atoms with E-state index in [0.717, 1.165) is 12.1 Å². The summed E-state index contributed by atoms with van der Waals surface area (Å²) in [6.07, 6.45) is -1.40. The lowest BCUT2D eigenvalue weighted by Gasteiger charge is -2.12. The summed E-state index contributed by atoms with van der Waals surface area (Å²) in [6, 6.07) is 3.52. The van der Waals surface area contributed by atoms with Gasteiger partial charge in [0.05, 0.1) is 11.3 Å². The molecule has 0 atom stereocenters. The van der Waals surface area contributed by atoms with Gasteiger partial charge in [0.2, 0.25) is 5.95 Å². The molecule has 2 N–H and O–H groups in total. The first kappa shape index (κ1) is 11.5. The Morgan fingerprint density at radius 3 is 2.53 bits per heavy atom. The number of alkyl halides is 3. The molecule has 2 rings (SSSR count). The van der Waals surface area contributed by atoms with Crippen molar-refractivity contribution in [2.45, 2.75) is 13.1 Å². The molecule has 0 amide bonds. The molecule has 1 aromatic heterocycles.